The van der Waals surface area contributed by atoms with Crippen molar-refractivity contribution < 1.29 is 24.9 Å². The van der Waals surface area contributed by atoms with E-state index in [0.717, 1.165) is 11.8 Å². The van der Waals surface area contributed by atoms with Gasteiger partial charge in [0.25, 0.3) is 0 Å². The molecular weight excluding hydrogens is 220 g/mol. The quantitative estimate of drug-likeness (QED) is 0.590. The van der Waals surface area contributed by atoms with E-state index in [1.54, 1.807) is 6.92 Å². The van der Waals surface area contributed by atoms with Crippen LogP contribution in [-0.4, -0.2) is 50.8 Å². The molecule has 1 saturated heterocycles. The van der Waals surface area contributed by atoms with E-state index in [-0.39, 0.29) is 11.7 Å². The highest BCUT2D eigenvalue weighted by Crippen LogP contribution is 2.31. The Balaban J connectivity index is 2.69. The maximum Gasteiger partial charge on any atom is 0.188 e. The summed E-state index contributed by atoms with van der Waals surface area (Å²) < 4.78 is 5.23. The second-order valence-corrected chi connectivity index (χ2v) is 4.95. The zero-order valence-corrected chi connectivity index (χ0v) is 9.48. The van der Waals surface area contributed by atoms with Gasteiger partial charge in [0.1, 0.15) is 11.5 Å². The minimum Gasteiger partial charge on any atom is -0.394 e. The van der Waals surface area contributed by atoms with Crippen LogP contribution in [0.5, 0.6) is 0 Å². The molecule has 0 aromatic rings. The van der Waals surface area contributed by atoms with Gasteiger partial charge in [0.05, 0.1) is 18.8 Å². The molecule has 0 amide bonds. The van der Waals surface area contributed by atoms with E-state index in [4.69, 9.17) is 9.84 Å². The van der Waals surface area contributed by atoms with E-state index in [9.17, 15) is 15.0 Å². The van der Waals surface area contributed by atoms with Crippen LogP contribution in [0, 0.1) is 5.92 Å². The fourth-order valence-corrected chi connectivity index (χ4v) is 2.45. The molecule has 15 heavy (non-hydrogen) atoms. The summed E-state index contributed by atoms with van der Waals surface area (Å²) in [5, 5.41) is 28.1. The summed E-state index contributed by atoms with van der Waals surface area (Å²) in [5.74, 6) is -0.423. The molecule has 1 fully saturated rings. The molecule has 1 heterocycles. The Hall–Kier alpha value is -0.140. The molecule has 0 spiro atoms. The van der Waals surface area contributed by atoms with Crippen LogP contribution < -0.4 is 0 Å². The van der Waals surface area contributed by atoms with Gasteiger partial charge in [-0.2, -0.15) is 0 Å². The highest BCUT2D eigenvalue weighted by Gasteiger charge is 2.42. The van der Waals surface area contributed by atoms with Crippen molar-refractivity contribution in [1.82, 2.24) is 0 Å². The predicted octanol–water partition coefficient (Wildman–Crippen LogP) is -0.659. The van der Waals surface area contributed by atoms with Crippen LogP contribution in [0.3, 0.4) is 0 Å². The third-order valence-electron chi connectivity index (χ3n) is 2.51. The minimum atomic E-state index is -0.909. The summed E-state index contributed by atoms with van der Waals surface area (Å²) in [6.45, 7) is 2.71. The summed E-state index contributed by atoms with van der Waals surface area (Å²) in [6.07, 6.45) is -2.55. The molecule has 0 saturated carbocycles. The van der Waals surface area contributed by atoms with Gasteiger partial charge in [0.2, 0.25) is 0 Å². The van der Waals surface area contributed by atoms with Crippen molar-refractivity contribution in [3.8, 4) is 0 Å². The zero-order chi connectivity index (χ0) is 11.6. The number of rotatable bonds is 2. The van der Waals surface area contributed by atoms with Gasteiger partial charge in [-0.05, 0) is 0 Å². The topological polar surface area (TPSA) is 87.0 Å². The molecule has 1 rings (SSSR count). The summed E-state index contributed by atoms with van der Waals surface area (Å²) in [6, 6.07) is 0. The SMILES string of the molecule is CC(=O)S[C@H]1OC(CO)[C@H](O)C(C)C1O. The largest absolute Gasteiger partial charge is 0.394 e. The number of hydrogen-bond acceptors (Lipinski definition) is 6. The first-order chi connectivity index (χ1) is 6.97. The number of aliphatic hydroxyl groups is 3. The lowest BCUT2D eigenvalue weighted by molar-refractivity contribution is -0.177. The van der Waals surface area contributed by atoms with E-state index < -0.39 is 29.7 Å². The highest BCUT2D eigenvalue weighted by atomic mass is 32.2. The van der Waals surface area contributed by atoms with Crippen molar-refractivity contribution in [3.63, 3.8) is 0 Å². The number of carbonyl (C=O) groups excluding carboxylic acids is 1. The average Bonchev–Trinajstić information content (AvgIpc) is 2.18. The van der Waals surface area contributed by atoms with Gasteiger partial charge in [-0.15, -0.1) is 0 Å². The lowest BCUT2D eigenvalue weighted by Gasteiger charge is -2.40. The minimum absolute atomic E-state index is 0.167. The number of carbonyl (C=O) groups is 1. The standard InChI is InChI=1S/C9H16O5S/c1-4-7(12)6(3-10)14-9(8(4)13)15-5(2)11/h4,6-10,12-13H,3H2,1-2H3/t4?,6?,7-,8?,9-/m1/s1. The first kappa shape index (κ1) is 12.9. The van der Waals surface area contributed by atoms with Gasteiger partial charge in [-0.25, -0.2) is 0 Å². The highest BCUT2D eigenvalue weighted by molar-refractivity contribution is 8.14. The van der Waals surface area contributed by atoms with Gasteiger partial charge < -0.3 is 20.1 Å². The van der Waals surface area contributed by atoms with E-state index in [1.165, 1.54) is 6.92 Å². The second kappa shape index (κ2) is 5.27. The van der Waals surface area contributed by atoms with Crippen molar-refractivity contribution in [2.24, 2.45) is 5.92 Å². The second-order valence-electron chi connectivity index (χ2n) is 3.68. The van der Waals surface area contributed by atoms with Crippen LogP contribution in [0.4, 0.5) is 0 Å². The molecule has 5 atom stereocenters. The van der Waals surface area contributed by atoms with Gasteiger partial charge in [-0.1, -0.05) is 18.7 Å². The normalized spacial score (nSPS) is 41.5. The number of aliphatic hydroxyl groups excluding tert-OH is 3. The first-order valence-corrected chi connectivity index (χ1v) is 5.65. The van der Waals surface area contributed by atoms with Crippen molar-refractivity contribution >= 4 is 16.9 Å². The smallest absolute Gasteiger partial charge is 0.188 e. The van der Waals surface area contributed by atoms with Gasteiger partial charge in [-0.3, -0.25) is 4.79 Å². The Kier molecular flexibility index (Phi) is 4.54. The molecule has 6 heteroatoms. The molecule has 0 bridgehead atoms. The van der Waals surface area contributed by atoms with Crippen molar-refractivity contribution in [2.45, 2.75) is 37.6 Å². The van der Waals surface area contributed by atoms with Gasteiger partial charge in [0, 0.05) is 12.8 Å². The zero-order valence-electron chi connectivity index (χ0n) is 8.66. The maximum absolute atomic E-state index is 10.9. The molecule has 1 aliphatic heterocycles. The molecular formula is C9H16O5S. The van der Waals surface area contributed by atoms with Crippen LogP contribution in [0.15, 0.2) is 0 Å². The molecule has 0 aromatic carbocycles. The fraction of sp³-hybridized carbons (Fsp3) is 0.889. The Morgan fingerprint density at radius 2 is 2.00 bits per heavy atom. The van der Waals surface area contributed by atoms with E-state index in [1.807, 2.05) is 0 Å². The monoisotopic (exact) mass is 236 g/mol. The first-order valence-electron chi connectivity index (χ1n) is 4.77. The number of ether oxygens (including phenoxy) is 1. The van der Waals surface area contributed by atoms with E-state index >= 15 is 0 Å². The number of thioether (sulfide) groups is 1. The van der Waals surface area contributed by atoms with Crippen molar-refractivity contribution in [2.75, 3.05) is 6.61 Å². The molecule has 0 radical (unpaired) electrons. The van der Waals surface area contributed by atoms with Crippen LogP contribution in [-0.2, 0) is 9.53 Å². The van der Waals surface area contributed by atoms with Crippen LogP contribution in [0.1, 0.15) is 13.8 Å². The maximum atomic E-state index is 10.9. The molecule has 0 aromatic heterocycles. The molecule has 3 unspecified atom stereocenters. The Morgan fingerprint density at radius 1 is 1.40 bits per heavy atom. The Morgan fingerprint density at radius 3 is 2.47 bits per heavy atom. The van der Waals surface area contributed by atoms with Crippen LogP contribution in [0.25, 0.3) is 0 Å². The fourth-order valence-electron chi connectivity index (χ4n) is 1.53. The summed E-state index contributed by atoms with van der Waals surface area (Å²) >= 11 is 0.875. The van der Waals surface area contributed by atoms with Crippen molar-refractivity contribution in [3.05, 3.63) is 0 Å². The Labute approximate surface area is 92.4 Å². The molecule has 1 aliphatic rings. The summed E-state index contributed by atoms with van der Waals surface area (Å²) in [7, 11) is 0. The molecule has 88 valence electrons. The Bertz CT molecular complexity index is 233. The lowest BCUT2D eigenvalue weighted by Crippen LogP contribution is -2.53. The van der Waals surface area contributed by atoms with Gasteiger partial charge in [0.15, 0.2) is 5.12 Å². The summed E-state index contributed by atoms with van der Waals surface area (Å²) in [4.78, 5) is 10.9. The van der Waals surface area contributed by atoms with Crippen LogP contribution >= 0.6 is 11.8 Å². The third-order valence-corrected chi connectivity index (χ3v) is 3.46. The lowest BCUT2D eigenvalue weighted by atomic mass is 9.92. The van der Waals surface area contributed by atoms with Crippen LogP contribution in [0.2, 0.25) is 0 Å². The molecule has 3 N–H and O–H groups in total. The van der Waals surface area contributed by atoms with E-state index in [0.29, 0.717) is 0 Å². The predicted molar refractivity (Wildman–Crippen MR) is 55.2 cm³/mol. The average molecular weight is 236 g/mol. The molecule has 5 nitrogen and oxygen atoms in total. The summed E-state index contributed by atoms with van der Waals surface area (Å²) in [5.41, 5.74) is -0.710. The van der Waals surface area contributed by atoms with E-state index in [2.05, 4.69) is 0 Å². The van der Waals surface area contributed by atoms with Crippen molar-refractivity contribution in [1.29, 1.82) is 0 Å². The number of hydrogen-bond donors (Lipinski definition) is 3. The molecule has 0 aliphatic carbocycles. The third kappa shape index (κ3) is 2.92. The van der Waals surface area contributed by atoms with Gasteiger partial charge >= 0.3 is 0 Å².